The smallest absolute Gasteiger partial charge is 0.231 e. The first-order chi connectivity index (χ1) is 17.7. The van der Waals surface area contributed by atoms with E-state index >= 15 is 0 Å². The van der Waals surface area contributed by atoms with Gasteiger partial charge < -0.3 is 20.1 Å². The van der Waals surface area contributed by atoms with E-state index in [9.17, 15) is 4.79 Å². The van der Waals surface area contributed by atoms with Gasteiger partial charge in [-0.05, 0) is 48.7 Å². The fourth-order valence-electron chi connectivity index (χ4n) is 5.72. The standard InChI is InChI=1S/C29H30ClN5O/c30-22-10-8-21(9-11-22)26(25-7-4-13-31-25)29(36)35-17-15-34(16-18-35)27-23-12-14-32-28(23)33-19-24(27)20-5-2-1-3-6-20/h1-3,5-6,8-12,14,19,25-26,31H,4,7,13,15-18H2,(H,32,33)/t25-,26-/m0/s1. The highest BCUT2D eigenvalue weighted by Gasteiger charge is 2.36. The van der Waals surface area contributed by atoms with Crippen molar-refractivity contribution >= 4 is 34.2 Å². The van der Waals surface area contributed by atoms with E-state index in [2.05, 4.69) is 50.5 Å². The Morgan fingerprint density at radius 2 is 1.78 bits per heavy atom. The number of hydrogen-bond acceptors (Lipinski definition) is 4. The number of hydrogen-bond donors (Lipinski definition) is 2. The van der Waals surface area contributed by atoms with Crippen LogP contribution in [0.2, 0.25) is 5.02 Å². The first-order valence-electron chi connectivity index (χ1n) is 12.7. The van der Waals surface area contributed by atoms with Crippen LogP contribution in [0.15, 0.2) is 73.1 Å². The van der Waals surface area contributed by atoms with Gasteiger partial charge in [0, 0.05) is 60.6 Å². The van der Waals surface area contributed by atoms with Gasteiger partial charge in [0.2, 0.25) is 5.91 Å². The summed E-state index contributed by atoms with van der Waals surface area (Å²) in [7, 11) is 0. The monoisotopic (exact) mass is 499 g/mol. The molecule has 6 nitrogen and oxygen atoms in total. The number of rotatable bonds is 5. The number of H-pyrrole nitrogens is 1. The zero-order valence-corrected chi connectivity index (χ0v) is 20.9. The molecule has 2 saturated heterocycles. The van der Waals surface area contributed by atoms with Gasteiger partial charge in [-0.15, -0.1) is 0 Å². The summed E-state index contributed by atoms with van der Waals surface area (Å²) >= 11 is 6.15. The van der Waals surface area contributed by atoms with E-state index in [1.807, 2.05) is 47.6 Å². The van der Waals surface area contributed by atoms with Crippen LogP contribution >= 0.6 is 11.6 Å². The molecule has 2 aliphatic heterocycles. The summed E-state index contributed by atoms with van der Waals surface area (Å²) in [5, 5.41) is 5.38. The van der Waals surface area contributed by atoms with E-state index in [0.717, 1.165) is 60.2 Å². The Hall–Kier alpha value is -3.35. The van der Waals surface area contributed by atoms with Crippen LogP contribution in [0.1, 0.15) is 24.3 Å². The summed E-state index contributed by atoms with van der Waals surface area (Å²) in [6, 6.07) is 20.5. The van der Waals surface area contributed by atoms with Crippen molar-refractivity contribution in [2.45, 2.75) is 24.8 Å². The number of anilines is 1. The molecule has 36 heavy (non-hydrogen) atoms. The number of piperazine rings is 1. The molecule has 2 atom stereocenters. The molecular weight excluding hydrogens is 470 g/mol. The van der Waals surface area contributed by atoms with Crippen molar-refractivity contribution in [3.63, 3.8) is 0 Å². The van der Waals surface area contributed by atoms with Crippen molar-refractivity contribution < 1.29 is 4.79 Å². The number of benzene rings is 2. The summed E-state index contributed by atoms with van der Waals surface area (Å²) in [6.45, 7) is 3.91. The number of nitrogens with zero attached hydrogens (tertiary/aromatic N) is 3. The predicted octanol–water partition coefficient (Wildman–Crippen LogP) is 5.07. The molecule has 4 aromatic rings. The minimum Gasteiger partial charge on any atom is -0.367 e. The fraction of sp³-hybridized carbons (Fsp3) is 0.310. The lowest BCUT2D eigenvalue weighted by atomic mass is 9.89. The predicted molar refractivity (Wildman–Crippen MR) is 146 cm³/mol. The first kappa shape index (κ1) is 23.1. The molecule has 184 valence electrons. The third-order valence-corrected chi connectivity index (χ3v) is 7.80. The Morgan fingerprint density at radius 3 is 2.50 bits per heavy atom. The van der Waals surface area contributed by atoms with E-state index in [4.69, 9.17) is 11.6 Å². The molecule has 4 heterocycles. The lowest BCUT2D eigenvalue weighted by Gasteiger charge is -2.39. The minimum absolute atomic E-state index is 0.168. The Kier molecular flexibility index (Phi) is 6.38. The van der Waals surface area contributed by atoms with Crippen LogP contribution in [0.5, 0.6) is 0 Å². The van der Waals surface area contributed by atoms with Crippen LogP contribution in [-0.2, 0) is 4.79 Å². The van der Waals surface area contributed by atoms with Crippen molar-refractivity contribution in [1.29, 1.82) is 0 Å². The molecule has 2 aliphatic rings. The molecule has 0 radical (unpaired) electrons. The van der Waals surface area contributed by atoms with Gasteiger partial charge in [-0.3, -0.25) is 4.79 Å². The van der Waals surface area contributed by atoms with E-state index in [1.54, 1.807) is 0 Å². The summed E-state index contributed by atoms with van der Waals surface area (Å²) in [6.07, 6.45) is 6.03. The molecule has 6 rings (SSSR count). The van der Waals surface area contributed by atoms with Crippen LogP contribution in [0.4, 0.5) is 5.69 Å². The number of fused-ring (bicyclic) bond motifs is 1. The Balaban J connectivity index is 1.26. The summed E-state index contributed by atoms with van der Waals surface area (Å²) in [4.78, 5) is 26.3. The zero-order chi connectivity index (χ0) is 24.5. The second-order valence-electron chi connectivity index (χ2n) is 9.67. The second-order valence-corrected chi connectivity index (χ2v) is 10.1. The summed E-state index contributed by atoms with van der Waals surface area (Å²) < 4.78 is 0. The number of halogens is 1. The Bertz CT molecular complexity index is 1340. The number of amides is 1. The molecule has 0 spiro atoms. The SMILES string of the molecule is O=C([C@@H](c1ccc(Cl)cc1)[C@@H]1CCCN1)N1CCN(c2c(-c3ccccc3)cnc3[nH]ccc23)CC1. The molecule has 0 saturated carbocycles. The average Bonchev–Trinajstić information content (AvgIpc) is 3.63. The lowest BCUT2D eigenvalue weighted by molar-refractivity contribution is -0.133. The van der Waals surface area contributed by atoms with Crippen LogP contribution < -0.4 is 10.2 Å². The third-order valence-electron chi connectivity index (χ3n) is 7.55. The second kappa shape index (κ2) is 9.96. The van der Waals surface area contributed by atoms with Gasteiger partial charge in [-0.25, -0.2) is 4.98 Å². The zero-order valence-electron chi connectivity index (χ0n) is 20.2. The van der Waals surface area contributed by atoms with Crippen LogP contribution in [0.3, 0.4) is 0 Å². The molecule has 2 N–H and O–H groups in total. The van der Waals surface area contributed by atoms with Gasteiger partial charge in [0.25, 0.3) is 0 Å². The molecule has 1 amide bonds. The summed E-state index contributed by atoms with van der Waals surface area (Å²) in [5.41, 5.74) is 5.39. The quantitative estimate of drug-likeness (QED) is 0.402. The molecule has 2 aromatic heterocycles. The average molecular weight is 500 g/mol. The molecular formula is C29H30ClN5O. The van der Waals surface area contributed by atoms with Crippen molar-refractivity contribution in [3.8, 4) is 11.1 Å². The Morgan fingerprint density at radius 1 is 1.00 bits per heavy atom. The van der Waals surface area contributed by atoms with Gasteiger partial charge >= 0.3 is 0 Å². The van der Waals surface area contributed by atoms with E-state index < -0.39 is 0 Å². The molecule has 2 aromatic carbocycles. The number of aromatic amines is 1. The number of carbonyl (C=O) groups is 1. The van der Waals surface area contributed by atoms with Gasteiger partial charge in [-0.1, -0.05) is 54.1 Å². The van der Waals surface area contributed by atoms with Crippen molar-refractivity contribution in [1.82, 2.24) is 20.2 Å². The molecule has 0 aliphatic carbocycles. The van der Waals surface area contributed by atoms with Crippen LogP contribution in [0.25, 0.3) is 22.2 Å². The maximum absolute atomic E-state index is 13.9. The van der Waals surface area contributed by atoms with Crippen LogP contribution in [-0.4, -0.2) is 59.5 Å². The molecule has 0 bridgehead atoms. The molecule has 2 fully saturated rings. The van der Waals surface area contributed by atoms with Crippen molar-refractivity contribution in [2.24, 2.45) is 0 Å². The highest BCUT2D eigenvalue weighted by molar-refractivity contribution is 6.30. The highest BCUT2D eigenvalue weighted by Crippen LogP contribution is 2.37. The number of aromatic nitrogens is 2. The number of nitrogens with one attached hydrogen (secondary N) is 2. The van der Waals surface area contributed by atoms with Gasteiger partial charge in [0.15, 0.2) is 0 Å². The number of carbonyl (C=O) groups excluding carboxylic acids is 1. The maximum atomic E-state index is 13.9. The first-order valence-corrected chi connectivity index (χ1v) is 13.1. The van der Waals surface area contributed by atoms with Crippen molar-refractivity contribution in [3.05, 3.63) is 83.6 Å². The van der Waals surface area contributed by atoms with E-state index in [0.29, 0.717) is 18.1 Å². The fourth-order valence-corrected chi connectivity index (χ4v) is 5.85. The van der Waals surface area contributed by atoms with Gasteiger partial charge in [0.1, 0.15) is 5.65 Å². The van der Waals surface area contributed by atoms with E-state index in [-0.39, 0.29) is 17.9 Å². The maximum Gasteiger partial charge on any atom is 0.231 e. The molecule has 0 unspecified atom stereocenters. The normalized spacial score (nSPS) is 19.1. The Labute approximate surface area is 216 Å². The molecule has 7 heteroatoms. The van der Waals surface area contributed by atoms with E-state index in [1.165, 1.54) is 5.69 Å². The summed E-state index contributed by atoms with van der Waals surface area (Å²) in [5.74, 6) is 0.0228. The topological polar surface area (TPSA) is 64.3 Å². The number of pyridine rings is 1. The minimum atomic E-state index is -0.187. The third kappa shape index (κ3) is 4.36. The van der Waals surface area contributed by atoms with Crippen LogP contribution in [0, 0.1) is 0 Å². The van der Waals surface area contributed by atoms with Crippen molar-refractivity contribution in [2.75, 3.05) is 37.6 Å². The highest BCUT2D eigenvalue weighted by atomic mass is 35.5. The van der Waals surface area contributed by atoms with Gasteiger partial charge in [0.05, 0.1) is 11.6 Å². The largest absolute Gasteiger partial charge is 0.367 e. The lowest BCUT2D eigenvalue weighted by Crippen LogP contribution is -2.52. The van der Waals surface area contributed by atoms with Gasteiger partial charge in [-0.2, -0.15) is 0 Å².